The highest BCUT2D eigenvalue weighted by Gasteiger charge is 2.17. The van der Waals surface area contributed by atoms with Crippen LogP contribution in [0.5, 0.6) is 0 Å². The van der Waals surface area contributed by atoms with Crippen LogP contribution in [0.2, 0.25) is 0 Å². The van der Waals surface area contributed by atoms with Gasteiger partial charge in [-0.3, -0.25) is 14.3 Å². The molecule has 0 bridgehead atoms. The Kier molecular flexibility index (Phi) is 6.77. The van der Waals surface area contributed by atoms with Crippen LogP contribution in [-0.4, -0.2) is 35.8 Å². The molecule has 1 atom stereocenters. The molecule has 166 valence electrons. The minimum absolute atomic E-state index is 0.162. The van der Waals surface area contributed by atoms with E-state index < -0.39 is 15.3 Å². The zero-order valence-corrected chi connectivity index (χ0v) is 20.3. The van der Waals surface area contributed by atoms with Gasteiger partial charge >= 0.3 is 0 Å². The van der Waals surface area contributed by atoms with E-state index in [0.717, 1.165) is 22.3 Å². The maximum Gasteiger partial charge on any atom is 0.259 e. The van der Waals surface area contributed by atoms with E-state index in [-0.39, 0.29) is 11.5 Å². The summed E-state index contributed by atoms with van der Waals surface area (Å²) in [6.07, 6.45) is 1.07. The summed E-state index contributed by atoms with van der Waals surface area (Å²) in [4.78, 5) is 34.1. The molecule has 1 amide bonds. The molecular weight excluding hydrogens is 456 g/mol. The highest BCUT2D eigenvalue weighted by molar-refractivity contribution is 7.99. The first-order valence-electron chi connectivity index (χ1n) is 9.44. The van der Waals surface area contributed by atoms with Gasteiger partial charge in [-0.25, -0.2) is 13.4 Å². The number of hydrogen-bond donors (Lipinski definition) is 3. The van der Waals surface area contributed by atoms with Crippen molar-refractivity contribution >= 4 is 60.6 Å². The van der Waals surface area contributed by atoms with Gasteiger partial charge in [-0.1, -0.05) is 6.07 Å². The van der Waals surface area contributed by atoms with Gasteiger partial charge in [0.15, 0.2) is 0 Å². The van der Waals surface area contributed by atoms with Crippen LogP contribution in [0, 0.1) is 20.8 Å². The number of H-pyrrole nitrogens is 1. The maximum atomic E-state index is 12.6. The number of nitrogens with one attached hydrogen (secondary N) is 3. The van der Waals surface area contributed by atoms with Gasteiger partial charge in [0.2, 0.25) is 15.9 Å². The molecule has 0 radical (unpaired) electrons. The number of sulfonamides is 1. The minimum Gasteiger partial charge on any atom is -0.325 e. The summed E-state index contributed by atoms with van der Waals surface area (Å²) >= 11 is 2.84. The van der Waals surface area contributed by atoms with Gasteiger partial charge in [0, 0.05) is 10.6 Å². The molecule has 3 rings (SSSR count). The summed E-state index contributed by atoms with van der Waals surface area (Å²) in [6.45, 7) is 7.41. The van der Waals surface area contributed by atoms with Gasteiger partial charge in [0.05, 0.1) is 28.3 Å². The van der Waals surface area contributed by atoms with E-state index in [9.17, 15) is 18.0 Å². The molecule has 0 spiro atoms. The van der Waals surface area contributed by atoms with E-state index in [1.807, 2.05) is 13.8 Å². The second kappa shape index (κ2) is 9.01. The lowest BCUT2D eigenvalue weighted by molar-refractivity contribution is -0.115. The third-order valence-electron chi connectivity index (χ3n) is 4.73. The maximum absolute atomic E-state index is 12.6. The first-order chi connectivity index (χ1) is 14.4. The fourth-order valence-corrected chi connectivity index (χ4v) is 5.32. The van der Waals surface area contributed by atoms with Crippen molar-refractivity contribution in [1.82, 2.24) is 9.97 Å². The topological polar surface area (TPSA) is 121 Å². The smallest absolute Gasteiger partial charge is 0.259 e. The van der Waals surface area contributed by atoms with E-state index in [1.165, 1.54) is 23.1 Å². The predicted molar refractivity (Wildman–Crippen MR) is 129 cm³/mol. The van der Waals surface area contributed by atoms with Crippen LogP contribution < -0.4 is 15.6 Å². The Balaban J connectivity index is 1.67. The Hall–Kier alpha value is -2.37. The lowest BCUT2D eigenvalue weighted by atomic mass is 10.2. The lowest BCUT2D eigenvalue weighted by Crippen LogP contribution is -2.23. The summed E-state index contributed by atoms with van der Waals surface area (Å²) in [5.41, 5.74) is 2.44. The van der Waals surface area contributed by atoms with Crippen molar-refractivity contribution in [3.8, 4) is 0 Å². The first kappa shape index (κ1) is 23.3. The highest BCUT2D eigenvalue weighted by atomic mass is 32.2. The summed E-state index contributed by atoms with van der Waals surface area (Å²) < 4.78 is 25.5. The average Bonchev–Trinajstić information content (AvgIpc) is 2.95. The summed E-state index contributed by atoms with van der Waals surface area (Å²) in [5, 5.41) is 3.01. The number of anilines is 2. The molecule has 0 aliphatic heterocycles. The first-order valence-corrected chi connectivity index (χ1v) is 13.2. The predicted octanol–water partition coefficient (Wildman–Crippen LogP) is 3.54. The molecule has 3 N–H and O–H groups in total. The molecule has 1 aromatic carbocycles. The van der Waals surface area contributed by atoms with E-state index in [0.29, 0.717) is 33.2 Å². The molecular formula is C20H24N4O4S3. The molecule has 0 saturated carbocycles. The highest BCUT2D eigenvalue weighted by Crippen LogP contribution is 2.27. The Morgan fingerprint density at radius 1 is 1.29 bits per heavy atom. The number of carbonyl (C=O) groups is 1. The van der Waals surface area contributed by atoms with Crippen molar-refractivity contribution < 1.29 is 13.2 Å². The SMILES string of the molecule is Cc1ccc(NC(=O)[C@@H](C)SCc2nc3sc(C)c(C)c3c(=O)[nH]2)cc1NS(C)(=O)=O. The zero-order valence-electron chi connectivity index (χ0n) is 17.8. The number of fused-ring (bicyclic) bond motifs is 1. The quantitative estimate of drug-likeness (QED) is 0.476. The molecule has 0 aliphatic rings. The molecule has 0 saturated heterocycles. The number of nitrogens with zero attached hydrogens (tertiary/aromatic N) is 1. The van der Waals surface area contributed by atoms with E-state index >= 15 is 0 Å². The van der Waals surface area contributed by atoms with Gasteiger partial charge in [0.1, 0.15) is 10.7 Å². The number of aromatic amines is 1. The van der Waals surface area contributed by atoms with Crippen LogP contribution in [0.25, 0.3) is 10.2 Å². The van der Waals surface area contributed by atoms with Gasteiger partial charge in [0.25, 0.3) is 5.56 Å². The van der Waals surface area contributed by atoms with Crippen molar-refractivity contribution in [1.29, 1.82) is 0 Å². The molecule has 11 heteroatoms. The molecule has 2 aromatic heterocycles. The van der Waals surface area contributed by atoms with Gasteiger partial charge in [-0.05, 0) is 51.0 Å². The largest absolute Gasteiger partial charge is 0.325 e. The molecule has 0 fully saturated rings. The fraction of sp³-hybridized carbons (Fsp3) is 0.350. The summed E-state index contributed by atoms with van der Waals surface area (Å²) in [7, 11) is -3.42. The van der Waals surface area contributed by atoms with E-state index in [1.54, 1.807) is 32.0 Å². The number of carbonyl (C=O) groups excluding carboxylic acids is 1. The van der Waals surface area contributed by atoms with Crippen LogP contribution >= 0.6 is 23.1 Å². The van der Waals surface area contributed by atoms with Crippen molar-refractivity contribution in [2.45, 2.75) is 38.7 Å². The Morgan fingerprint density at radius 2 is 2.00 bits per heavy atom. The van der Waals surface area contributed by atoms with Crippen molar-refractivity contribution in [2.75, 3.05) is 16.3 Å². The number of aromatic nitrogens is 2. The monoisotopic (exact) mass is 480 g/mol. The third kappa shape index (κ3) is 5.66. The standard InChI is InChI=1S/C20H24N4O4S3/c1-10-6-7-14(8-15(10)24-31(5,27)28)21-18(25)13(4)29-9-16-22-19(26)17-11(2)12(3)30-20(17)23-16/h6-8,13,24H,9H2,1-5H3,(H,21,25)(H,22,23,26)/t13-/m1/s1. The van der Waals surface area contributed by atoms with Gasteiger partial charge < -0.3 is 10.3 Å². The van der Waals surface area contributed by atoms with E-state index in [4.69, 9.17) is 0 Å². The number of thioether (sulfide) groups is 1. The Bertz CT molecular complexity index is 1310. The molecule has 0 aliphatic carbocycles. The number of hydrogen-bond acceptors (Lipinski definition) is 7. The zero-order chi connectivity index (χ0) is 22.9. The lowest BCUT2D eigenvalue weighted by Gasteiger charge is -2.14. The Morgan fingerprint density at radius 3 is 2.68 bits per heavy atom. The van der Waals surface area contributed by atoms with Gasteiger partial charge in [-0.15, -0.1) is 23.1 Å². The van der Waals surface area contributed by atoms with Gasteiger partial charge in [-0.2, -0.15) is 0 Å². The van der Waals surface area contributed by atoms with Crippen molar-refractivity contribution in [2.24, 2.45) is 0 Å². The fourth-order valence-electron chi connectivity index (χ4n) is 2.90. The van der Waals surface area contributed by atoms with Crippen molar-refractivity contribution in [3.05, 3.63) is 50.4 Å². The molecule has 3 aromatic rings. The number of aryl methyl sites for hydroxylation is 3. The van der Waals surface area contributed by atoms with Crippen LogP contribution in [0.3, 0.4) is 0 Å². The second-order valence-corrected chi connectivity index (χ2v) is 11.6. The number of rotatable bonds is 7. The van der Waals surface area contributed by atoms with Crippen LogP contribution in [-0.2, 0) is 20.6 Å². The Labute approximate surface area is 188 Å². The number of amides is 1. The van der Waals surface area contributed by atoms with Crippen molar-refractivity contribution in [3.63, 3.8) is 0 Å². The number of thiophene rings is 1. The van der Waals surface area contributed by atoms with Crippen LogP contribution in [0.4, 0.5) is 11.4 Å². The molecule has 0 unspecified atom stereocenters. The van der Waals surface area contributed by atoms with E-state index in [2.05, 4.69) is 20.0 Å². The second-order valence-electron chi connectivity index (χ2n) is 7.32. The third-order valence-corrected chi connectivity index (χ3v) is 7.57. The summed E-state index contributed by atoms with van der Waals surface area (Å²) in [6, 6.07) is 5.03. The molecule has 2 heterocycles. The minimum atomic E-state index is -3.42. The average molecular weight is 481 g/mol. The molecule has 31 heavy (non-hydrogen) atoms. The number of benzene rings is 1. The normalized spacial score (nSPS) is 12.7. The molecule has 8 nitrogen and oxygen atoms in total. The van der Waals surface area contributed by atoms with Crippen LogP contribution in [0.1, 0.15) is 28.8 Å². The summed E-state index contributed by atoms with van der Waals surface area (Å²) in [5.74, 6) is 0.675. The van der Waals surface area contributed by atoms with Crippen LogP contribution in [0.15, 0.2) is 23.0 Å².